The van der Waals surface area contributed by atoms with Crippen molar-refractivity contribution in [2.24, 2.45) is 0 Å². The predicted molar refractivity (Wildman–Crippen MR) is 68.5 cm³/mol. The maximum Gasteiger partial charge on any atom is 0.183 e. The van der Waals surface area contributed by atoms with Crippen molar-refractivity contribution in [3.05, 3.63) is 12.3 Å². The van der Waals surface area contributed by atoms with Crippen LogP contribution >= 0.6 is 0 Å². The van der Waals surface area contributed by atoms with Crippen molar-refractivity contribution in [3.63, 3.8) is 0 Å². The highest BCUT2D eigenvalue weighted by molar-refractivity contribution is 4.99. The van der Waals surface area contributed by atoms with E-state index in [2.05, 4.69) is 11.9 Å². The molecule has 0 aromatic rings. The maximum atomic E-state index is 10.1. The molecule has 5 N–H and O–H groups in total. The van der Waals surface area contributed by atoms with Gasteiger partial charge in [-0.05, 0) is 6.92 Å². The number of hydrogen-bond acceptors (Lipinski definition) is 8. The van der Waals surface area contributed by atoms with Crippen molar-refractivity contribution in [1.29, 1.82) is 0 Å². The topological polar surface area (TPSA) is 121 Å². The first-order chi connectivity index (χ1) is 9.51. The molecule has 0 bridgehead atoms. The molecule has 5 atom stereocenters. The van der Waals surface area contributed by atoms with Gasteiger partial charge in [0.05, 0.1) is 19.8 Å². The molecule has 3 unspecified atom stereocenters. The van der Waals surface area contributed by atoms with Crippen LogP contribution in [0.3, 0.4) is 0 Å². The number of aliphatic hydroxyl groups is 4. The number of nitrogens with one attached hydrogen (secondary N) is 1. The lowest BCUT2D eigenvalue weighted by Gasteiger charge is -2.42. The first-order valence-electron chi connectivity index (χ1n) is 6.36. The highest BCUT2D eigenvalue weighted by Gasteiger charge is 2.45. The van der Waals surface area contributed by atoms with E-state index in [-0.39, 0.29) is 19.8 Å². The highest BCUT2D eigenvalue weighted by atomic mass is 16.7. The number of rotatable bonds is 8. The molecule has 0 amide bonds. The van der Waals surface area contributed by atoms with E-state index in [0.29, 0.717) is 5.70 Å². The van der Waals surface area contributed by atoms with Gasteiger partial charge in [-0.1, -0.05) is 6.58 Å². The molecule has 0 aromatic heterocycles. The third kappa shape index (κ3) is 4.67. The summed E-state index contributed by atoms with van der Waals surface area (Å²) >= 11 is 0. The summed E-state index contributed by atoms with van der Waals surface area (Å²) in [6, 6.07) is -0.760. The first-order valence-corrected chi connectivity index (χ1v) is 6.36. The van der Waals surface area contributed by atoms with Crippen LogP contribution in [0.4, 0.5) is 0 Å². The number of allylic oxidation sites excluding steroid dienone is 1. The zero-order valence-corrected chi connectivity index (χ0v) is 11.4. The van der Waals surface area contributed by atoms with Crippen molar-refractivity contribution in [2.75, 3.05) is 26.6 Å². The van der Waals surface area contributed by atoms with Gasteiger partial charge in [0, 0.05) is 5.70 Å². The Bertz CT molecular complexity index is 302. The van der Waals surface area contributed by atoms with Crippen LogP contribution < -0.4 is 5.32 Å². The van der Waals surface area contributed by atoms with Crippen molar-refractivity contribution in [2.45, 2.75) is 37.6 Å². The first kappa shape index (κ1) is 17.3. The quantitative estimate of drug-likeness (QED) is 0.255. The van der Waals surface area contributed by atoms with Crippen molar-refractivity contribution in [1.82, 2.24) is 5.32 Å². The molecule has 0 aromatic carbocycles. The van der Waals surface area contributed by atoms with Crippen molar-refractivity contribution >= 4 is 0 Å². The Labute approximate surface area is 117 Å². The van der Waals surface area contributed by atoms with E-state index >= 15 is 0 Å². The van der Waals surface area contributed by atoms with Gasteiger partial charge < -0.3 is 40.0 Å². The van der Waals surface area contributed by atoms with Crippen LogP contribution in [0.2, 0.25) is 0 Å². The molecular weight excluding hydrogens is 270 g/mol. The van der Waals surface area contributed by atoms with Crippen LogP contribution in [0.1, 0.15) is 6.92 Å². The Morgan fingerprint density at radius 1 is 1.30 bits per heavy atom. The van der Waals surface area contributed by atoms with E-state index in [4.69, 9.17) is 24.4 Å². The minimum absolute atomic E-state index is 0.0101. The van der Waals surface area contributed by atoms with E-state index < -0.39 is 37.4 Å². The molecule has 118 valence electrons. The number of hydrogen-bond donors (Lipinski definition) is 5. The van der Waals surface area contributed by atoms with Crippen LogP contribution in [-0.4, -0.2) is 77.7 Å². The molecule has 0 spiro atoms. The molecule has 8 heteroatoms. The van der Waals surface area contributed by atoms with Gasteiger partial charge >= 0.3 is 0 Å². The lowest BCUT2D eigenvalue weighted by atomic mass is 9.97. The minimum Gasteiger partial charge on any atom is -0.394 e. The SMILES string of the molecule is C=C(C)NC1C(O)[C@H](O)C(COCCO)O[C@H]1OCO. The fraction of sp³-hybridized carbons (Fsp3) is 0.833. The van der Waals surface area contributed by atoms with E-state index in [9.17, 15) is 10.2 Å². The maximum absolute atomic E-state index is 10.1. The molecule has 0 radical (unpaired) electrons. The van der Waals surface area contributed by atoms with Crippen molar-refractivity contribution < 1.29 is 34.6 Å². The fourth-order valence-corrected chi connectivity index (χ4v) is 1.99. The van der Waals surface area contributed by atoms with Crippen LogP contribution in [0.5, 0.6) is 0 Å². The lowest BCUT2D eigenvalue weighted by Crippen LogP contribution is -2.63. The smallest absolute Gasteiger partial charge is 0.183 e. The van der Waals surface area contributed by atoms with Crippen LogP contribution in [-0.2, 0) is 14.2 Å². The highest BCUT2D eigenvalue weighted by Crippen LogP contribution is 2.23. The molecule has 1 rings (SSSR count). The Morgan fingerprint density at radius 3 is 2.55 bits per heavy atom. The summed E-state index contributed by atoms with van der Waals surface area (Å²) in [4.78, 5) is 0. The van der Waals surface area contributed by atoms with Gasteiger partial charge in [0.15, 0.2) is 6.29 Å². The van der Waals surface area contributed by atoms with E-state index in [1.807, 2.05) is 0 Å². The number of ether oxygens (including phenoxy) is 3. The molecule has 1 aliphatic rings. The summed E-state index contributed by atoms with van der Waals surface area (Å²) < 4.78 is 15.6. The fourth-order valence-electron chi connectivity index (χ4n) is 1.99. The molecule has 1 saturated heterocycles. The second-order valence-corrected chi connectivity index (χ2v) is 4.57. The van der Waals surface area contributed by atoms with E-state index in [0.717, 1.165) is 0 Å². The normalized spacial score (nSPS) is 34.0. The summed E-state index contributed by atoms with van der Waals surface area (Å²) in [5.41, 5.74) is 0.561. The molecule has 8 nitrogen and oxygen atoms in total. The zero-order chi connectivity index (χ0) is 15.1. The lowest BCUT2D eigenvalue weighted by molar-refractivity contribution is -0.286. The molecule has 20 heavy (non-hydrogen) atoms. The van der Waals surface area contributed by atoms with Gasteiger partial charge in [-0.3, -0.25) is 0 Å². The predicted octanol–water partition coefficient (Wildman–Crippen LogP) is -2.10. The Morgan fingerprint density at radius 2 is 2.00 bits per heavy atom. The number of aliphatic hydroxyl groups excluding tert-OH is 4. The monoisotopic (exact) mass is 293 g/mol. The van der Waals surface area contributed by atoms with Gasteiger partial charge in [0.25, 0.3) is 0 Å². The molecule has 0 aliphatic carbocycles. The second kappa shape index (κ2) is 8.53. The molecular formula is C12H23NO7. The van der Waals surface area contributed by atoms with Gasteiger partial charge in [-0.25, -0.2) is 0 Å². The average Bonchev–Trinajstić information content (AvgIpc) is 2.40. The Hall–Kier alpha value is -0.740. The van der Waals surface area contributed by atoms with E-state index in [1.165, 1.54) is 0 Å². The second-order valence-electron chi connectivity index (χ2n) is 4.57. The van der Waals surface area contributed by atoms with E-state index in [1.54, 1.807) is 6.92 Å². The summed E-state index contributed by atoms with van der Waals surface area (Å²) in [5, 5.41) is 40.4. The molecule has 1 heterocycles. The third-order valence-corrected chi connectivity index (χ3v) is 2.87. The summed E-state index contributed by atoms with van der Waals surface area (Å²) in [7, 11) is 0. The van der Waals surface area contributed by atoms with Crippen LogP contribution in [0.25, 0.3) is 0 Å². The van der Waals surface area contributed by atoms with Gasteiger partial charge in [0.2, 0.25) is 0 Å². The average molecular weight is 293 g/mol. The Balaban J connectivity index is 2.69. The van der Waals surface area contributed by atoms with Gasteiger partial charge in [0.1, 0.15) is 31.1 Å². The van der Waals surface area contributed by atoms with Crippen molar-refractivity contribution in [3.8, 4) is 0 Å². The zero-order valence-electron chi connectivity index (χ0n) is 11.4. The summed E-state index contributed by atoms with van der Waals surface area (Å²) in [6.07, 6.45) is -4.15. The largest absolute Gasteiger partial charge is 0.394 e. The minimum atomic E-state index is -1.19. The summed E-state index contributed by atoms with van der Waals surface area (Å²) in [5.74, 6) is 0. The Kier molecular flexibility index (Phi) is 7.38. The van der Waals surface area contributed by atoms with Crippen LogP contribution in [0.15, 0.2) is 12.3 Å². The molecule has 1 aliphatic heterocycles. The molecule has 0 saturated carbocycles. The standard InChI is InChI=1S/C12H23NO7/c1-7(2)13-9-11(17)10(16)8(5-18-4-3-14)20-12(9)19-6-15/h8-17H,1,3-6H2,2H3/t8?,9?,10-,11?,12-/m1/s1. The van der Waals surface area contributed by atoms with Gasteiger partial charge in [-0.2, -0.15) is 0 Å². The summed E-state index contributed by atoms with van der Waals surface area (Å²) in [6.45, 7) is 4.69. The van der Waals surface area contributed by atoms with Crippen LogP contribution in [0, 0.1) is 0 Å². The van der Waals surface area contributed by atoms with Gasteiger partial charge in [-0.15, -0.1) is 0 Å². The third-order valence-electron chi connectivity index (χ3n) is 2.87. The molecule has 1 fully saturated rings.